The van der Waals surface area contributed by atoms with Gasteiger partial charge in [0.2, 0.25) is 5.95 Å². The Balaban J connectivity index is 1.72. The number of anilines is 3. The van der Waals surface area contributed by atoms with Gasteiger partial charge in [0.05, 0.1) is 12.7 Å². The van der Waals surface area contributed by atoms with Crippen LogP contribution in [0.2, 0.25) is 0 Å². The Morgan fingerprint density at radius 2 is 1.69 bits per heavy atom. The fourth-order valence-electron chi connectivity index (χ4n) is 2.51. The highest BCUT2D eigenvalue weighted by Gasteiger charge is 2.16. The monoisotopic (exact) mass is 348 g/mol. The Hall–Kier alpha value is -3.41. The molecule has 0 bridgehead atoms. The van der Waals surface area contributed by atoms with Gasteiger partial charge >= 0.3 is 0 Å². The van der Waals surface area contributed by atoms with Crippen LogP contribution in [0, 0.1) is 0 Å². The maximum absolute atomic E-state index is 12.7. The summed E-state index contributed by atoms with van der Waals surface area (Å²) in [6, 6.07) is 17.0. The number of carbonyl (C=O) groups is 1. The highest BCUT2D eigenvalue weighted by Crippen LogP contribution is 2.19. The number of carbonyl (C=O) groups excluding carboxylic acids is 1. The number of aromatic nitrogens is 2. The second-order valence-electron chi connectivity index (χ2n) is 5.53. The molecule has 3 aromatic rings. The molecule has 0 spiro atoms. The molecule has 0 radical (unpaired) electrons. The van der Waals surface area contributed by atoms with Gasteiger partial charge in [0, 0.05) is 30.3 Å². The lowest BCUT2D eigenvalue weighted by molar-refractivity contribution is 0.0987. The van der Waals surface area contributed by atoms with Crippen molar-refractivity contribution in [2.45, 2.75) is 6.92 Å². The zero-order chi connectivity index (χ0) is 18.4. The Morgan fingerprint density at radius 1 is 1.04 bits per heavy atom. The summed E-state index contributed by atoms with van der Waals surface area (Å²) in [6.07, 6.45) is 3.07. The van der Waals surface area contributed by atoms with Crippen LogP contribution < -0.4 is 15.0 Å². The van der Waals surface area contributed by atoms with Gasteiger partial charge in [-0.1, -0.05) is 18.2 Å². The molecule has 1 amide bonds. The van der Waals surface area contributed by atoms with Gasteiger partial charge in [-0.05, 0) is 43.3 Å². The third-order valence-electron chi connectivity index (χ3n) is 3.87. The Kier molecular flexibility index (Phi) is 5.43. The summed E-state index contributed by atoms with van der Waals surface area (Å²) in [5.74, 6) is 1.07. The summed E-state index contributed by atoms with van der Waals surface area (Å²) in [5, 5.41) is 3.09. The number of nitrogens with zero attached hydrogens (tertiary/aromatic N) is 3. The summed E-state index contributed by atoms with van der Waals surface area (Å²) in [5.41, 5.74) is 2.13. The number of methoxy groups -OCH3 is 1. The molecule has 0 atom stereocenters. The lowest BCUT2D eigenvalue weighted by atomic mass is 10.2. The zero-order valence-electron chi connectivity index (χ0n) is 14.7. The number of rotatable bonds is 6. The molecular weight excluding hydrogens is 328 g/mol. The lowest BCUT2D eigenvalue weighted by Crippen LogP contribution is -2.30. The van der Waals surface area contributed by atoms with Crippen LogP contribution in [0.5, 0.6) is 5.75 Å². The van der Waals surface area contributed by atoms with Crippen molar-refractivity contribution >= 4 is 23.2 Å². The van der Waals surface area contributed by atoms with Gasteiger partial charge in [-0.3, -0.25) is 4.79 Å². The number of benzene rings is 2. The molecule has 0 unspecified atom stereocenters. The van der Waals surface area contributed by atoms with Crippen molar-refractivity contribution in [3.05, 3.63) is 72.6 Å². The number of para-hydroxylation sites is 1. The van der Waals surface area contributed by atoms with E-state index in [4.69, 9.17) is 4.74 Å². The average molecular weight is 348 g/mol. The Morgan fingerprint density at radius 3 is 2.27 bits per heavy atom. The quantitative estimate of drug-likeness (QED) is 0.732. The van der Waals surface area contributed by atoms with Gasteiger partial charge in [-0.2, -0.15) is 0 Å². The van der Waals surface area contributed by atoms with Crippen LogP contribution in [0.25, 0.3) is 0 Å². The highest BCUT2D eigenvalue weighted by molar-refractivity contribution is 6.05. The third kappa shape index (κ3) is 3.97. The SMILES string of the molecule is CCN(C(=O)c1cnc(Nc2ccc(OC)cc2)nc1)c1ccccc1. The van der Waals surface area contributed by atoms with E-state index in [0.717, 1.165) is 17.1 Å². The van der Waals surface area contributed by atoms with E-state index >= 15 is 0 Å². The van der Waals surface area contributed by atoms with Crippen molar-refractivity contribution in [3.8, 4) is 5.75 Å². The molecular formula is C20H20N4O2. The minimum absolute atomic E-state index is 0.130. The first-order valence-corrected chi connectivity index (χ1v) is 8.31. The van der Waals surface area contributed by atoms with Crippen molar-refractivity contribution < 1.29 is 9.53 Å². The van der Waals surface area contributed by atoms with Gasteiger partial charge in [-0.25, -0.2) is 9.97 Å². The van der Waals surface area contributed by atoms with Crippen LogP contribution in [-0.4, -0.2) is 29.5 Å². The number of ether oxygens (including phenoxy) is 1. The smallest absolute Gasteiger partial charge is 0.261 e. The predicted octanol–water partition coefficient (Wildman–Crippen LogP) is 3.90. The summed E-state index contributed by atoms with van der Waals surface area (Å²) in [6.45, 7) is 2.50. The fourth-order valence-corrected chi connectivity index (χ4v) is 2.51. The summed E-state index contributed by atoms with van der Waals surface area (Å²) < 4.78 is 5.13. The van der Waals surface area contributed by atoms with Gasteiger partial charge in [0.1, 0.15) is 5.75 Å². The second kappa shape index (κ2) is 8.11. The minimum atomic E-state index is -0.130. The molecule has 2 aromatic carbocycles. The first-order chi connectivity index (χ1) is 12.7. The van der Waals surface area contributed by atoms with E-state index in [1.807, 2.05) is 61.5 Å². The largest absolute Gasteiger partial charge is 0.497 e. The van der Waals surface area contributed by atoms with E-state index in [1.165, 1.54) is 12.4 Å². The standard InChI is InChI=1S/C20H20N4O2/c1-3-24(17-7-5-4-6-8-17)19(25)15-13-21-20(22-14-15)23-16-9-11-18(26-2)12-10-16/h4-14H,3H2,1-2H3,(H,21,22,23). The minimum Gasteiger partial charge on any atom is -0.497 e. The average Bonchev–Trinajstić information content (AvgIpc) is 2.70. The van der Waals surface area contributed by atoms with Crippen LogP contribution >= 0.6 is 0 Å². The predicted molar refractivity (Wildman–Crippen MR) is 102 cm³/mol. The van der Waals surface area contributed by atoms with E-state index in [0.29, 0.717) is 18.1 Å². The lowest BCUT2D eigenvalue weighted by Gasteiger charge is -2.20. The van der Waals surface area contributed by atoms with Crippen LogP contribution in [0.4, 0.5) is 17.3 Å². The molecule has 0 saturated carbocycles. The molecule has 0 aliphatic rings. The first kappa shape index (κ1) is 17.4. The van der Waals surface area contributed by atoms with Crippen molar-refractivity contribution in [2.75, 3.05) is 23.9 Å². The van der Waals surface area contributed by atoms with E-state index in [2.05, 4.69) is 15.3 Å². The van der Waals surface area contributed by atoms with E-state index in [-0.39, 0.29) is 5.91 Å². The molecule has 3 rings (SSSR count). The topological polar surface area (TPSA) is 67.4 Å². The van der Waals surface area contributed by atoms with E-state index in [1.54, 1.807) is 12.0 Å². The molecule has 1 aromatic heterocycles. The van der Waals surface area contributed by atoms with Crippen LogP contribution in [0.15, 0.2) is 67.0 Å². The number of nitrogens with one attached hydrogen (secondary N) is 1. The van der Waals surface area contributed by atoms with Crippen LogP contribution in [0.1, 0.15) is 17.3 Å². The van der Waals surface area contributed by atoms with Crippen LogP contribution in [0.3, 0.4) is 0 Å². The Bertz CT molecular complexity index is 849. The molecule has 132 valence electrons. The van der Waals surface area contributed by atoms with Gasteiger partial charge in [0.15, 0.2) is 0 Å². The first-order valence-electron chi connectivity index (χ1n) is 8.31. The molecule has 0 fully saturated rings. The second-order valence-corrected chi connectivity index (χ2v) is 5.53. The molecule has 6 nitrogen and oxygen atoms in total. The van der Waals surface area contributed by atoms with E-state index in [9.17, 15) is 4.79 Å². The third-order valence-corrected chi connectivity index (χ3v) is 3.87. The Labute approximate surface area is 152 Å². The van der Waals surface area contributed by atoms with Gasteiger partial charge < -0.3 is 15.0 Å². The maximum Gasteiger partial charge on any atom is 0.261 e. The molecule has 0 saturated heterocycles. The summed E-state index contributed by atoms with van der Waals surface area (Å²) in [4.78, 5) is 22.9. The zero-order valence-corrected chi connectivity index (χ0v) is 14.7. The number of hydrogen-bond donors (Lipinski definition) is 1. The highest BCUT2D eigenvalue weighted by atomic mass is 16.5. The molecule has 26 heavy (non-hydrogen) atoms. The van der Waals surface area contributed by atoms with Crippen molar-refractivity contribution in [1.29, 1.82) is 0 Å². The number of hydrogen-bond acceptors (Lipinski definition) is 5. The van der Waals surface area contributed by atoms with Gasteiger partial charge in [0.25, 0.3) is 5.91 Å². The fraction of sp³-hybridized carbons (Fsp3) is 0.150. The summed E-state index contributed by atoms with van der Waals surface area (Å²) >= 11 is 0. The van der Waals surface area contributed by atoms with Gasteiger partial charge in [-0.15, -0.1) is 0 Å². The molecule has 1 N–H and O–H groups in total. The van der Waals surface area contributed by atoms with Crippen molar-refractivity contribution in [1.82, 2.24) is 9.97 Å². The summed E-state index contributed by atoms with van der Waals surface area (Å²) in [7, 11) is 1.62. The van der Waals surface area contributed by atoms with E-state index < -0.39 is 0 Å². The molecule has 0 aliphatic heterocycles. The maximum atomic E-state index is 12.7. The van der Waals surface area contributed by atoms with Crippen molar-refractivity contribution in [2.24, 2.45) is 0 Å². The molecule has 0 aliphatic carbocycles. The molecule has 1 heterocycles. The van der Waals surface area contributed by atoms with Crippen molar-refractivity contribution in [3.63, 3.8) is 0 Å². The van der Waals surface area contributed by atoms with Crippen LogP contribution in [-0.2, 0) is 0 Å². The normalized spacial score (nSPS) is 10.2. The molecule has 6 heteroatoms. The number of amides is 1.